The minimum Gasteiger partial charge on any atom is -0.350 e. The van der Waals surface area contributed by atoms with E-state index in [0.717, 1.165) is 5.56 Å². The topological polar surface area (TPSA) is 90.1 Å². The first-order chi connectivity index (χ1) is 10.4. The van der Waals surface area contributed by atoms with Crippen LogP contribution >= 0.6 is 0 Å². The summed E-state index contributed by atoms with van der Waals surface area (Å²) in [6.07, 6.45) is 0. The highest BCUT2D eigenvalue weighted by Gasteiger charge is 2.22. The Hall–Kier alpha value is -2.77. The zero-order valence-corrected chi connectivity index (χ0v) is 12.2. The van der Waals surface area contributed by atoms with Crippen LogP contribution < -0.4 is 5.32 Å². The van der Waals surface area contributed by atoms with Crippen LogP contribution in [0.2, 0.25) is 0 Å². The van der Waals surface area contributed by atoms with Crippen molar-refractivity contribution in [3.8, 4) is 0 Å². The van der Waals surface area contributed by atoms with Gasteiger partial charge in [0.1, 0.15) is 23.7 Å². The van der Waals surface area contributed by atoms with Crippen molar-refractivity contribution in [2.24, 2.45) is 0 Å². The van der Waals surface area contributed by atoms with E-state index in [2.05, 4.69) is 10.4 Å². The van der Waals surface area contributed by atoms with Crippen molar-refractivity contribution in [1.82, 2.24) is 15.1 Å². The Kier molecular flexibility index (Phi) is 4.50. The number of amides is 1. The van der Waals surface area contributed by atoms with E-state index >= 15 is 0 Å². The number of carbonyl (C=O) groups is 1. The molecule has 0 saturated heterocycles. The van der Waals surface area contributed by atoms with Crippen molar-refractivity contribution in [3.05, 3.63) is 57.1 Å². The lowest BCUT2D eigenvalue weighted by Gasteiger charge is -2.06. The van der Waals surface area contributed by atoms with E-state index in [1.165, 1.54) is 23.7 Å². The van der Waals surface area contributed by atoms with Crippen molar-refractivity contribution in [2.45, 2.75) is 26.9 Å². The molecular weight excluding hydrogens is 291 g/mol. The predicted octanol–water partition coefficient (Wildman–Crippen LogP) is 1.86. The number of hydrogen-bond acceptors (Lipinski definition) is 4. The Labute approximate surface area is 125 Å². The summed E-state index contributed by atoms with van der Waals surface area (Å²) in [4.78, 5) is 22.3. The standard InChI is InChI=1S/C14H15FN4O3/c1-9-14(19(21)22)10(2)18(17-9)8-13(20)16-7-11-3-5-12(15)6-4-11/h3-6H,7-8H2,1-2H3,(H,16,20). The van der Waals surface area contributed by atoms with Crippen molar-refractivity contribution >= 4 is 11.6 Å². The van der Waals surface area contributed by atoms with Crippen LogP contribution in [0.15, 0.2) is 24.3 Å². The number of carbonyl (C=O) groups excluding carboxylic acids is 1. The minimum atomic E-state index is -0.509. The highest BCUT2D eigenvalue weighted by Crippen LogP contribution is 2.21. The Balaban J connectivity index is 1.99. The largest absolute Gasteiger partial charge is 0.350 e. The van der Waals surface area contributed by atoms with Crippen molar-refractivity contribution < 1.29 is 14.1 Å². The summed E-state index contributed by atoms with van der Waals surface area (Å²) in [7, 11) is 0. The van der Waals surface area contributed by atoms with Crippen LogP contribution in [-0.2, 0) is 17.9 Å². The molecule has 7 nitrogen and oxygen atoms in total. The molecule has 0 aliphatic rings. The van der Waals surface area contributed by atoms with Gasteiger partial charge >= 0.3 is 5.69 Å². The number of aromatic nitrogens is 2. The number of hydrogen-bond donors (Lipinski definition) is 1. The van der Waals surface area contributed by atoms with Gasteiger partial charge in [0, 0.05) is 6.54 Å². The summed E-state index contributed by atoms with van der Waals surface area (Å²) in [6.45, 7) is 3.21. The van der Waals surface area contributed by atoms with Gasteiger partial charge in [-0.1, -0.05) is 12.1 Å². The number of aryl methyl sites for hydroxylation is 1. The van der Waals surface area contributed by atoms with E-state index in [9.17, 15) is 19.3 Å². The van der Waals surface area contributed by atoms with E-state index < -0.39 is 4.92 Å². The molecule has 0 spiro atoms. The Morgan fingerprint density at radius 1 is 1.36 bits per heavy atom. The number of benzene rings is 1. The molecule has 0 fully saturated rings. The molecule has 1 amide bonds. The van der Waals surface area contributed by atoms with Crippen LogP contribution in [0.3, 0.4) is 0 Å². The van der Waals surface area contributed by atoms with Gasteiger partial charge in [0.05, 0.1) is 4.92 Å². The van der Waals surface area contributed by atoms with E-state index in [1.807, 2.05) is 0 Å². The van der Waals surface area contributed by atoms with Crippen LogP contribution in [0.1, 0.15) is 17.0 Å². The fourth-order valence-corrected chi connectivity index (χ4v) is 2.10. The number of nitrogens with zero attached hydrogens (tertiary/aromatic N) is 3. The van der Waals surface area contributed by atoms with Crippen LogP contribution in [0.4, 0.5) is 10.1 Å². The highest BCUT2D eigenvalue weighted by molar-refractivity contribution is 5.75. The fourth-order valence-electron chi connectivity index (χ4n) is 2.10. The lowest BCUT2D eigenvalue weighted by Crippen LogP contribution is -2.28. The molecule has 0 saturated carbocycles. The predicted molar refractivity (Wildman–Crippen MR) is 76.6 cm³/mol. The monoisotopic (exact) mass is 306 g/mol. The number of halogens is 1. The van der Waals surface area contributed by atoms with Gasteiger partial charge in [0.15, 0.2) is 0 Å². The van der Waals surface area contributed by atoms with E-state index in [0.29, 0.717) is 5.69 Å². The van der Waals surface area contributed by atoms with Gasteiger partial charge in [0.25, 0.3) is 0 Å². The number of rotatable bonds is 5. The molecule has 0 atom stereocenters. The Morgan fingerprint density at radius 3 is 2.55 bits per heavy atom. The first kappa shape index (κ1) is 15.6. The average molecular weight is 306 g/mol. The lowest BCUT2D eigenvalue weighted by molar-refractivity contribution is -0.386. The van der Waals surface area contributed by atoms with Gasteiger partial charge < -0.3 is 5.32 Å². The van der Waals surface area contributed by atoms with Crippen LogP contribution in [0.5, 0.6) is 0 Å². The van der Waals surface area contributed by atoms with Crippen LogP contribution in [0.25, 0.3) is 0 Å². The summed E-state index contributed by atoms with van der Waals surface area (Å²) in [5.74, 6) is -0.671. The second-order valence-corrected chi connectivity index (χ2v) is 4.84. The molecule has 0 aliphatic heterocycles. The normalized spacial score (nSPS) is 10.5. The fraction of sp³-hybridized carbons (Fsp3) is 0.286. The first-order valence-corrected chi connectivity index (χ1v) is 6.58. The second kappa shape index (κ2) is 6.33. The van der Waals surface area contributed by atoms with Crippen molar-refractivity contribution in [1.29, 1.82) is 0 Å². The van der Waals surface area contributed by atoms with Gasteiger partial charge in [-0.05, 0) is 31.5 Å². The van der Waals surface area contributed by atoms with Crippen LogP contribution in [0, 0.1) is 29.8 Å². The first-order valence-electron chi connectivity index (χ1n) is 6.58. The van der Waals surface area contributed by atoms with Crippen LogP contribution in [-0.4, -0.2) is 20.6 Å². The molecule has 22 heavy (non-hydrogen) atoms. The third kappa shape index (κ3) is 3.46. The summed E-state index contributed by atoms with van der Waals surface area (Å²) < 4.78 is 14.1. The molecule has 1 heterocycles. The third-order valence-electron chi connectivity index (χ3n) is 3.22. The summed E-state index contributed by atoms with van der Waals surface area (Å²) >= 11 is 0. The van der Waals surface area contributed by atoms with Gasteiger partial charge in [-0.2, -0.15) is 5.10 Å². The molecule has 0 aliphatic carbocycles. The quantitative estimate of drug-likeness (QED) is 0.674. The lowest BCUT2D eigenvalue weighted by atomic mass is 10.2. The molecule has 2 rings (SSSR count). The Bertz CT molecular complexity index is 710. The van der Waals surface area contributed by atoms with E-state index in [4.69, 9.17) is 0 Å². The molecule has 0 radical (unpaired) electrons. The maximum Gasteiger partial charge on any atom is 0.312 e. The zero-order chi connectivity index (χ0) is 16.3. The Morgan fingerprint density at radius 2 is 2.00 bits per heavy atom. The maximum absolute atomic E-state index is 12.8. The molecule has 2 aromatic rings. The molecule has 0 bridgehead atoms. The van der Waals surface area contributed by atoms with Gasteiger partial charge in [-0.3, -0.25) is 19.6 Å². The van der Waals surface area contributed by atoms with Crippen molar-refractivity contribution in [3.63, 3.8) is 0 Å². The minimum absolute atomic E-state index is 0.0775. The molecule has 1 N–H and O–H groups in total. The number of nitro groups is 1. The third-order valence-corrected chi connectivity index (χ3v) is 3.22. The smallest absolute Gasteiger partial charge is 0.312 e. The molecule has 0 unspecified atom stereocenters. The van der Waals surface area contributed by atoms with Crippen molar-refractivity contribution in [2.75, 3.05) is 0 Å². The molecule has 8 heteroatoms. The molecule has 1 aromatic carbocycles. The summed E-state index contributed by atoms with van der Waals surface area (Å²) in [6, 6.07) is 5.77. The van der Waals surface area contributed by atoms with E-state index in [1.54, 1.807) is 19.1 Å². The highest BCUT2D eigenvalue weighted by atomic mass is 19.1. The number of nitrogens with one attached hydrogen (secondary N) is 1. The molecule has 1 aromatic heterocycles. The zero-order valence-electron chi connectivity index (χ0n) is 12.2. The second-order valence-electron chi connectivity index (χ2n) is 4.84. The van der Waals surface area contributed by atoms with Gasteiger partial charge in [-0.15, -0.1) is 0 Å². The summed E-state index contributed by atoms with van der Waals surface area (Å²) in [5, 5.41) is 17.6. The molecular formula is C14H15FN4O3. The average Bonchev–Trinajstić information content (AvgIpc) is 2.72. The van der Waals surface area contributed by atoms with E-state index in [-0.39, 0.29) is 36.2 Å². The molecule has 116 valence electrons. The van der Waals surface area contributed by atoms with Gasteiger partial charge in [0.2, 0.25) is 5.91 Å². The SMILES string of the molecule is Cc1nn(CC(=O)NCc2ccc(F)cc2)c(C)c1[N+](=O)[O-]. The summed E-state index contributed by atoms with van der Waals surface area (Å²) in [5.41, 5.74) is 1.29. The van der Waals surface area contributed by atoms with Gasteiger partial charge in [-0.25, -0.2) is 4.39 Å². The maximum atomic E-state index is 12.8.